The van der Waals surface area contributed by atoms with Gasteiger partial charge in [-0.15, -0.1) is 0 Å². The third kappa shape index (κ3) is 3.68. The van der Waals surface area contributed by atoms with Crippen molar-refractivity contribution in [1.82, 2.24) is 15.2 Å². The Labute approximate surface area is 124 Å². The van der Waals surface area contributed by atoms with Crippen molar-refractivity contribution in [3.05, 3.63) is 34.6 Å². The summed E-state index contributed by atoms with van der Waals surface area (Å²) in [5, 5.41) is 0.456. The van der Waals surface area contributed by atoms with Crippen molar-refractivity contribution in [2.24, 2.45) is 5.84 Å². The summed E-state index contributed by atoms with van der Waals surface area (Å²) in [5.41, 5.74) is 3.81. The van der Waals surface area contributed by atoms with Gasteiger partial charge in [-0.05, 0) is 38.2 Å². The van der Waals surface area contributed by atoms with E-state index in [1.165, 1.54) is 12.1 Å². The highest BCUT2D eigenvalue weighted by Gasteiger charge is 2.29. The van der Waals surface area contributed by atoms with Crippen LogP contribution in [0, 0.1) is 5.82 Å². The highest BCUT2D eigenvalue weighted by Crippen LogP contribution is 2.21. The first-order valence-electron chi connectivity index (χ1n) is 6.80. The predicted octanol–water partition coefficient (Wildman–Crippen LogP) is 1.10. The van der Waals surface area contributed by atoms with E-state index in [-0.39, 0.29) is 11.9 Å². The lowest BCUT2D eigenvalue weighted by atomic mass is 9.97. The topological polar surface area (TPSA) is 44.5 Å². The van der Waals surface area contributed by atoms with Crippen LogP contribution in [0.4, 0.5) is 4.39 Å². The summed E-state index contributed by atoms with van der Waals surface area (Å²) in [6.07, 6.45) is 0.679. The fraction of sp³-hybridized carbons (Fsp3) is 0.571. The van der Waals surface area contributed by atoms with Crippen LogP contribution < -0.4 is 11.3 Å². The van der Waals surface area contributed by atoms with Crippen molar-refractivity contribution in [1.29, 1.82) is 0 Å². The molecular formula is C14H22ClFN4. The molecule has 4 nitrogen and oxygen atoms in total. The zero-order valence-corrected chi connectivity index (χ0v) is 12.7. The Morgan fingerprint density at radius 2 is 2.20 bits per heavy atom. The van der Waals surface area contributed by atoms with Gasteiger partial charge in [0.1, 0.15) is 5.82 Å². The van der Waals surface area contributed by atoms with Gasteiger partial charge in [0.25, 0.3) is 0 Å². The van der Waals surface area contributed by atoms with Gasteiger partial charge in [-0.3, -0.25) is 16.2 Å². The van der Waals surface area contributed by atoms with Gasteiger partial charge in [0.15, 0.2) is 0 Å². The molecule has 1 saturated heterocycles. The lowest BCUT2D eigenvalue weighted by Crippen LogP contribution is -2.60. The van der Waals surface area contributed by atoms with Crippen molar-refractivity contribution in [2.45, 2.75) is 18.5 Å². The van der Waals surface area contributed by atoms with E-state index >= 15 is 0 Å². The Balaban J connectivity index is 2.11. The van der Waals surface area contributed by atoms with E-state index in [4.69, 9.17) is 17.4 Å². The van der Waals surface area contributed by atoms with Crippen LogP contribution in [0.5, 0.6) is 0 Å². The average molecular weight is 301 g/mol. The number of piperazine rings is 1. The second kappa shape index (κ2) is 6.83. The smallest absolute Gasteiger partial charge is 0.124 e. The lowest BCUT2D eigenvalue weighted by Gasteiger charge is -2.41. The molecule has 6 heteroatoms. The van der Waals surface area contributed by atoms with Gasteiger partial charge < -0.3 is 4.90 Å². The van der Waals surface area contributed by atoms with Gasteiger partial charge in [-0.2, -0.15) is 0 Å². The summed E-state index contributed by atoms with van der Waals surface area (Å²) < 4.78 is 13.1. The molecule has 0 spiro atoms. The van der Waals surface area contributed by atoms with Gasteiger partial charge in [0.2, 0.25) is 0 Å². The minimum absolute atomic E-state index is 0.0747. The van der Waals surface area contributed by atoms with Crippen molar-refractivity contribution >= 4 is 11.6 Å². The molecule has 1 fully saturated rings. The normalized spacial score (nSPS) is 22.9. The number of likely N-dealkylation sites (N-methyl/N-ethyl adjacent to an activating group) is 2. The fourth-order valence-corrected chi connectivity index (χ4v) is 2.95. The lowest BCUT2D eigenvalue weighted by molar-refractivity contribution is 0.0877. The monoisotopic (exact) mass is 300 g/mol. The summed E-state index contributed by atoms with van der Waals surface area (Å²) in [4.78, 5) is 4.60. The van der Waals surface area contributed by atoms with E-state index < -0.39 is 0 Å². The third-order valence-corrected chi connectivity index (χ3v) is 4.38. The molecule has 3 N–H and O–H groups in total. The van der Waals surface area contributed by atoms with Crippen LogP contribution in [0.1, 0.15) is 5.56 Å². The number of hydrogen-bond donors (Lipinski definition) is 2. The molecule has 112 valence electrons. The maximum absolute atomic E-state index is 13.1. The molecule has 2 unspecified atom stereocenters. The zero-order valence-electron chi connectivity index (χ0n) is 11.9. The van der Waals surface area contributed by atoms with Crippen molar-refractivity contribution in [3.63, 3.8) is 0 Å². The number of rotatable bonds is 4. The minimum Gasteiger partial charge on any atom is -0.303 e. The van der Waals surface area contributed by atoms with E-state index in [0.717, 1.165) is 25.2 Å². The summed E-state index contributed by atoms with van der Waals surface area (Å²) in [6.45, 7) is 3.02. The van der Waals surface area contributed by atoms with Crippen LogP contribution in [0.2, 0.25) is 5.02 Å². The Kier molecular flexibility index (Phi) is 5.35. The van der Waals surface area contributed by atoms with Crippen LogP contribution in [-0.4, -0.2) is 55.6 Å². The molecule has 1 aromatic rings. The number of halogens is 2. The molecule has 2 atom stereocenters. The first kappa shape index (κ1) is 15.7. The number of benzene rings is 1. The van der Waals surface area contributed by atoms with Gasteiger partial charge in [-0.1, -0.05) is 17.7 Å². The molecule has 2 rings (SSSR count). The summed E-state index contributed by atoms with van der Waals surface area (Å²) in [7, 11) is 4.22. The van der Waals surface area contributed by atoms with Crippen LogP contribution in [0.3, 0.4) is 0 Å². The number of hydrogen-bond acceptors (Lipinski definition) is 4. The van der Waals surface area contributed by atoms with Crippen molar-refractivity contribution in [2.75, 3.05) is 33.7 Å². The van der Waals surface area contributed by atoms with Gasteiger partial charge >= 0.3 is 0 Å². The Bertz CT molecular complexity index is 457. The van der Waals surface area contributed by atoms with Crippen molar-refractivity contribution < 1.29 is 4.39 Å². The largest absolute Gasteiger partial charge is 0.303 e. The number of nitrogens with zero attached hydrogens (tertiary/aromatic N) is 2. The number of hydrazine groups is 1. The third-order valence-electron chi connectivity index (χ3n) is 4.03. The molecule has 1 aliphatic heterocycles. The molecule has 0 aromatic heterocycles. The highest BCUT2D eigenvalue weighted by molar-refractivity contribution is 6.31. The molecule has 0 aliphatic carbocycles. The maximum Gasteiger partial charge on any atom is 0.124 e. The zero-order chi connectivity index (χ0) is 14.7. The summed E-state index contributed by atoms with van der Waals surface area (Å²) in [6, 6.07) is 4.90. The van der Waals surface area contributed by atoms with Crippen LogP contribution >= 0.6 is 11.6 Å². The second-order valence-corrected chi connectivity index (χ2v) is 5.93. The molecule has 1 heterocycles. The van der Waals surface area contributed by atoms with Crippen molar-refractivity contribution in [3.8, 4) is 0 Å². The standard InChI is InChI=1S/C14H22ClFN4/c1-19-5-6-20(2)14(9-19)13(18-17)7-10-3-4-11(16)8-12(10)15/h3-4,8,13-14,18H,5-7,9,17H2,1-2H3. The first-order valence-corrected chi connectivity index (χ1v) is 7.18. The molecule has 0 bridgehead atoms. The molecule has 0 radical (unpaired) electrons. The Morgan fingerprint density at radius 3 is 2.85 bits per heavy atom. The molecular weight excluding hydrogens is 279 g/mol. The molecule has 1 aromatic carbocycles. The summed E-state index contributed by atoms with van der Waals surface area (Å²) >= 11 is 6.10. The second-order valence-electron chi connectivity index (χ2n) is 5.52. The fourth-order valence-electron chi connectivity index (χ4n) is 2.71. The van der Waals surface area contributed by atoms with Crippen LogP contribution in [-0.2, 0) is 6.42 Å². The van der Waals surface area contributed by atoms with E-state index in [1.54, 1.807) is 6.07 Å². The first-order chi connectivity index (χ1) is 9.51. The SMILES string of the molecule is CN1CCN(C)C(C(Cc2ccc(F)cc2Cl)NN)C1. The van der Waals surface area contributed by atoms with E-state index in [2.05, 4.69) is 29.3 Å². The molecule has 20 heavy (non-hydrogen) atoms. The van der Waals surface area contributed by atoms with Crippen LogP contribution in [0.15, 0.2) is 18.2 Å². The van der Waals surface area contributed by atoms with Gasteiger partial charge in [0, 0.05) is 36.7 Å². The molecule has 0 amide bonds. The van der Waals surface area contributed by atoms with E-state index in [0.29, 0.717) is 17.5 Å². The maximum atomic E-state index is 13.1. The Morgan fingerprint density at radius 1 is 1.45 bits per heavy atom. The molecule has 1 aliphatic rings. The minimum atomic E-state index is -0.314. The number of nitrogens with one attached hydrogen (secondary N) is 1. The number of nitrogens with two attached hydrogens (primary N) is 1. The van der Waals surface area contributed by atoms with E-state index in [1.807, 2.05) is 0 Å². The van der Waals surface area contributed by atoms with Gasteiger partial charge in [0.05, 0.1) is 0 Å². The van der Waals surface area contributed by atoms with E-state index in [9.17, 15) is 4.39 Å². The average Bonchev–Trinajstić information content (AvgIpc) is 2.41. The molecule has 0 saturated carbocycles. The van der Waals surface area contributed by atoms with Crippen LogP contribution in [0.25, 0.3) is 0 Å². The highest BCUT2D eigenvalue weighted by atomic mass is 35.5. The van der Waals surface area contributed by atoms with Gasteiger partial charge in [-0.25, -0.2) is 4.39 Å². The quantitative estimate of drug-likeness (QED) is 0.646. The summed E-state index contributed by atoms with van der Waals surface area (Å²) in [5.74, 6) is 5.41. The predicted molar refractivity (Wildman–Crippen MR) is 80.1 cm³/mol. The Hall–Kier alpha value is -0.720.